The number of likely N-dealkylation sites (tertiary alicyclic amines) is 1. The molecule has 0 spiro atoms. The van der Waals surface area contributed by atoms with E-state index in [1.807, 2.05) is 0 Å². The van der Waals surface area contributed by atoms with Gasteiger partial charge in [0.05, 0.1) is 0 Å². The van der Waals surface area contributed by atoms with Crippen molar-refractivity contribution in [2.45, 2.75) is 77.3 Å². The topological polar surface area (TPSA) is 29.3 Å². The molecule has 2 N–H and O–H groups in total. The Bertz CT molecular complexity index is 223. The zero-order valence-electron chi connectivity index (χ0n) is 11.8. The number of hydrogen-bond donors (Lipinski definition) is 1. The van der Waals surface area contributed by atoms with Crippen LogP contribution in [-0.2, 0) is 0 Å². The van der Waals surface area contributed by atoms with Crippen LogP contribution in [0.25, 0.3) is 0 Å². The third-order valence-corrected chi connectivity index (χ3v) is 5.24. The fourth-order valence-electron chi connectivity index (χ4n) is 3.90. The summed E-state index contributed by atoms with van der Waals surface area (Å²) >= 11 is 0. The molecule has 0 radical (unpaired) electrons. The van der Waals surface area contributed by atoms with Gasteiger partial charge in [0, 0.05) is 18.6 Å². The van der Waals surface area contributed by atoms with Gasteiger partial charge in [-0.25, -0.2) is 0 Å². The van der Waals surface area contributed by atoms with E-state index in [9.17, 15) is 0 Å². The minimum Gasteiger partial charge on any atom is -0.330 e. The molecule has 2 rings (SSSR count). The average Bonchev–Trinajstić information content (AvgIpc) is 2.35. The van der Waals surface area contributed by atoms with E-state index >= 15 is 0 Å². The van der Waals surface area contributed by atoms with E-state index in [1.54, 1.807) is 0 Å². The first kappa shape index (κ1) is 13.4. The van der Waals surface area contributed by atoms with Crippen molar-refractivity contribution in [3.05, 3.63) is 0 Å². The quantitative estimate of drug-likeness (QED) is 0.818. The largest absolute Gasteiger partial charge is 0.330 e. The standard InChI is InChI=1S/C15H30N2/c1-13-7-6-8-14(2)17(13)12-15(11-16)9-4-3-5-10-15/h13-14H,3-12,16H2,1-2H3/t13-,14+. The van der Waals surface area contributed by atoms with Crippen LogP contribution in [-0.4, -0.2) is 30.1 Å². The maximum atomic E-state index is 6.12. The van der Waals surface area contributed by atoms with Crippen molar-refractivity contribution >= 4 is 0 Å². The van der Waals surface area contributed by atoms with E-state index in [-0.39, 0.29) is 0 Å². The van der Waals surface area contributed by atoms with Crippen molar-refractivity contribution in [1.82, 2.24) is 4.90 Å². The summed E-state index contributed by atoms with van der Waals surface area (Å²) in [6.45, 7) is 6.96. The second kappa shape index (κ2) is 5.71. The van der Waals surface area contributed by atoms with Gasteiger partial charge in [0.2, 0.25) is 0 Å². The van der Waals surface area contributed by atoms with E-state index in [0.29, 0.717) is 5.41 Å². The van der Waals surface area contributed by atoms with Crippen LogP contribution < -0.4 is 5.73 Å². The molecule has 0 bridgehead atoms. The summed E-state index contributed by atoms with van der Waals surface area (Å²) in [5.74, 6) is 0. The van der Waals surface area contributed by atoms with E-state index in [0.717, 1.165) is 18.6 Å². The van der Waals surface area contributed by atoms with Gasteiger partial charge < -0.3 is 5.73 Å². The van der Waals surface area contributed by atoms with Crippen LogP contribution in [0.2, 0.25) is 0 Å². The molecule has 1 heterocycles. The summed E-state index contributed by atoms with van der Waals surface area (Å²) in [5, 5.41) is 0. The predicted octanol–water partition coefficient (Wildman–Crippen LogP) is 3.16. The second-order valence-electron chi connectivity index (χ2n) is 6.57. The van der Waals surface area contributed by atoms with Crippen LogP contribution in [0.3, 0.4) is 0 Å². The summed E-state index contributed by atoms with van der Waals surface area (Å²) in [6, 6.07) is 1.54. The summed E-state index contributed by atoms with van der Waals surface area (Å²) in [7, 11) is 0. The first-order chi connectivity index (χ1) is 8.17. The Balaban J connectivity index is 2.00. The molecule has 2 heteroatoms. The Kier molecular flexibility index (Phi) is 4.48. The molecular weight excluding hydrogens is 208 g/mol. The molecule has 17 heavy (non-hydrogen) atoms. The third kappa shape index (κ3) is 3.03. The molecule has 2 aliphatic rings. The number of nitrogens with zero attached hydrogens (tertiary/aromatic N) is 1. The highest BCUT2D eigenvalue weighted by Gasteiger charge is 2.36. The van der Waals surface area contributed by atoms with Gasteiger partial charge in [-0.15, -0.1) is 0 Å². The fourth-order valence-corrected chi connectivity index (χ4v) is 3.90. The molecule has 0 aromatic heterocycles. The average molecular weight is 238 g/mol. The van der Waals surface area contributed by atoms with Gasteiger partial charge in [0.15, 0.2) is 0 Å². The molecule has 100 valence electrons. The summed E-state index contributed by atoms with van der Waals surface area (Å²) in [5.41, 5.74) is 6.56. The lowest BCUT2D eigenvalue weighted by Crippen LogP contribution is -2.51. The van der Waals surface area contributed by atoms with Crippen LogP contribution in [0, 0.1) is 5.41 Å². The van der Waals surface area contributed by atoms with Gasteiger partial charge in [-0.05, 0) is 51.5 Å². The van der Waals surface area contributed by atoms with Crippen molar-refractivity contribution in [2.75, 3.05) is 13.1 Å². The lowest BCUT2D eigenvalue weighted by Gasteiger charge is -2.47. The highest BCUT2D eigenvalue weighted by Crippen LogP contribution is 2.38. The first-order valence-electron chi connectivity index (χ1n) is 7.63. The molecule has 2 nitrogen and oxygen atoms in total. The number of nitrogens with two attached hydrogens (primary N) is 1. The zero-order valence-corrected chi connectivity index (χ0v) is 11.8. The van der Waals surface area contributed by atoms with Crippen LogP contribution in [0.1, 0.15) is 65.2 Å². The van der Waals surface area contributed by atoms with Crippen molar-refractivity contribution < 1.29 is 0 Å². The first-order valence-corrected chi connectivity index (χ1v) is 7.63. The minimum absolute atomic E-state index is 0.443. The van der Waals surface area contributed by atoms with E-state index < -0.39 is 0 Å². The lowest BCUT2D eigenvalue weighted by molar-refractivity contribution is 0.0333. The summed E-state index contributed by atoms with van der Waals surface area (Å²) in [6.07, 6.45) is 11.1. The Morgan fingerprint density at radius 3 is 2.12 bits per heavy atom. The molecule has 1 aliphatic heterocycles. The summed E-state index contributed by atoms with van der Waals surface area (Å²) < 4.78 is 0. The van der Waals surface area contributed by atoms with Crippen LogP contribution >= 0.6 is 0 Å². The van der Waals surface area contributed by atoms with Crippen LogP contribution in [0.15, 0.2) is 0 Å². The van der Waals surface area contributed by atoms with Gasteiger partial charge in [-0.3, -0.25) is 4.90 Å². The van der Waals surface area contributed by atoms with Crippen LogP contribution in [0.4, 0.5) is 0 Å². The molecule has 2 atom stereocenters. The highest BCUT2D eigenvalue weighted by molar-refractivity contribution is 4.91. The van der Waals surface area contributed by atoms with Gasteiger partial charge in [-0.2, -0.15) is 0 Å². The van der Waals surface area contributed by atoms with E-state index in [4.69, 9.17) is 5.73 Å². The lowest BCUT2D eigenvalue weighted by atomic mass is 9.73. The maximum Gasteiger partial charge on any atom is 0.00700 e. The van der Waals surface area contributed by atoms with Crippen molar-refractivity contribution in [1.29, 1.82) is 0 Å². The molecule has 0 amide bonds. The number of piperidine rings is 1. The predicted molar refractivity (Wildman–Crippen MR) is 74.1 cm³/mol. The normalized spacial score (nSPS) is 34.8. The van der Waals surface area contributed by atoms with Crippen molar-refractivity contribution in [2.24, 2.45) is 11.1 Å². The maximum absolute atomic E-state index is 6.12. The molecule has 0 unspecified atom stereocenters. The van der Waals surface area contributed by atoms with Gasteiger partial charge >= 0.3 is 0 Å². The molecular formula is C15H30N2. The van der Waals surface area contributed by atoms with Crippen molar-refractivity contribution in [3.63, 3.8) is 0 Å². The fraction of sp³-hybridized carbons (Fsp3) is 1.00. The Hall–Kier alpha value is -0.0800. The van der Waals surface area contributed by atoms with E-state index in [2.05, 4.69) is 18.7 Å². The van der Waals surface area contributed by atoms with Gasteiger partial charge in [-0.1, -0.05) is 25.7 Å². The number of hydrogen-bond acceptors (Lipinski definition) is 2. The Morgan fingerprint density at radius 1 is 1.00 bits per heavy atom. The summed E-state index contributed by atoms with van der Waals surface area (Å²) in [4.78, 5) is 2.75. The smallest absolute Gasteiger partial charge is 0.00700 e. The SMILES string of the molecule is C[C@@H]1CCC[C@H](C)N1CC1(CN)CCCCC1. The third-order valence-electron chi connectivity index (χ3n) is 5.24. The monoisotopic (exact) mass is 238 g/mol. The molecule has 1 saturated heterocycles. The number of rotatable bonds is 3. The molecule has 2 fully saturated rings. The highest BCUT2D eigenvalue weighted by atomic mass is 15.2. The zero-order chi connectivity index (χ0) is 12.3. The second-order valence-corrected chi connectivity index (χ2v) is 6.57. The Morgan fingerprint density at radius 2 is 1.59 bits per heavy atom. The molecule has 1 aliphatic carbocycles. The molecule has 0 aromatic carbocycles. The molecule has 1 saturated carbocycles. The van der Waals surface area contributed by atoms with Crippen molar-refractivity contribution in [3.8, 4) is 0 Å². The molecule has 0 aromatic rings. The Labute approximate surface area is 107 Å². The van der Waals surface area contributed by atoms with Crippen LogP contribution in [0.5, 0.6) is 0 Å². The van der Waals surface area contributed by atoms with Gasteiger partial charge in [0.1, 0.15) is 0 Å². The van der Waals surface area contributed by atoms with E-state index in [1.165, 1.54) is 57.9 Å². The minimum atomic E-state index is 0.443. The van der Waals surface area contributed by atoms with Gasteiger partial charge in [0.25, 0.3) is 0 Å².